The number of amides is 1. The van der Waals surface area contributed by atoms with Gasteiger partial charge in [-0.2, -0.15) is 0 Å². The van der Waals surface area contributed by atoms with Crippen molar-refractivity contribution in [2.24, 2.45) is 11.7 Å². The Kier molecular flexibility index (Phi) is 4.95. The molecule has 3 atom stereocenters. The lowest BCUT2D eigenvalue weighted by atomic mass is 9.92. The first-order valence-electron chi connectivity index (χ1n) is 7.19. The van der Waals surface area contributed by atoms with Gasteiger partial charge in [-0.25, -0.2) is 0 Å². The fraction of sp³-hybridized carbons (Fsp3) is 0.600. The molecular weight excluding hydrogens is 254 g/mol. The maximum atomic E-state index is 12.4. The number of ether oxygens (including phenoxy) is 1. The molecule has 1 aliphatic heterocycles. The maximum absolute atomic E-state index is 12.4. The zero-order valence-corrected chi connectivity index (χ0v) is 12.2. The van der Waals surface area contributed by atoms with Gasteiger partial charge >= 0.3 is 0 Å². The van der Waals surface area contributed by atoms with E-state index in [1.807, 2.05) is 11.8 Å². The molecule has 2 heterocycles. The molecule has 20 heavy (non-hydrogen) atoms. The second-order valence-corrected chi connectivity index (χ2v) is 5.49. The monoisotopic (exact) mass is 277 g/mol. The van der Waals surface area contributed by atoms with E-state index in [-0.39, 0.29) is 11.9 Å². The molecule has 1 aliphatic rings. The molecule has 0 bridgehead atoms. The minimum atomic E-state index is -0.494. The van der Waals surface area contributed by atoms with Gasteiger partial charge in [-0.15, -0.1) is 0 Å². The van der Waals surface area contributed by atoms with Gasteiger partial charge in [0.1, 0.15) is 5.75 Å². The minimum Gasteiger partial charge on any atom is -0.479 e. The summed E-state index contributed by atoms with van der Waals surface area (Å²) >= 11 is 0. The number of likely N-dealkylation sites (tertiary alicyclic amines) is 1. The van der Waals surface area contributed by atoms with Crippen LogP contribution in [0.1, 0.15) is 26.7 Å². The molecular formula is C15H23N3O2. The van der Waals surface area contributed by atoms with Crippen LogP contribution in [-0.2, 0) is 4.79 Å². The lowest BCUT2D eigenvalue weighted by Crippen LogP contribution is -2.48. The molecule has 0 spiro atoms. The molecule has 0 aliphatic carbocycles. The van der Waals surface area contributed by atoms with Crippen molar-refractivity contribution in [1.82, 2.24) is 9.88 Å². The van der Waals surface area contributed by atoms with E-state index in [4.69, 9.17) is 10.5 Å². The van der Waals surface area contributed by atoms with Gasteiger partial charge in [-0.1, -0.05) is 0 Å². The van der Waals surface area contributed by atoms with Gasteiger partial charge in [-0.3, -0.25) is 9.78 Å². The van der Waals surface area contributed by atoms with Crippen LogP contribution in [0, 0.1) is 5.92 Å². The van der Waals surface area contributed by atoms with Crippen molar-refractivity contribution in [3.05, 3.63) is 24.5 Å². The molecule has 5 heteroatoms. The second kappa shape index (κ2) is 6.70. The quantitative estimate of drug-likeness (QED) is 0.904. The van der Waals surface area contributed by atoms with E-state index in [1.165, 1.54) is 0 Å². The van der Waals surface area contributed by atoms with E-state index in [1.54, 1.807) is 31.5 Å². The van der Waals surface area contributed by atoms with Crippen molar-refractivity contribution >= 4 is 5.91 Å². The number of nitrogens with zero attached hydrogens (tertiary/aromatic N) is 2. The van der Waals surface area contributed by atoms with Crippen LogP contribution >= 0.6 is 0 Å². The van der Waals surface area contributed by atoms with Crippen LogP contribution in [-0.4, -0.2) is 41.0 Å². The molecule has 0 radical (unpaired) electrons. The van der Waals surface area contributed by atoms with Crippen LogP contribution in [0.3, 0.4) is 0 Å². The molecule has 0 aromatic carbocycles. The zero-order valence-electron chi connectivity index (χ0n) is 12.2. The number of hydrogen-bond donors (Lipinski definition) is 1. The number of aromatic nitrogens is 1. The predicted molar refractivity (Wildman–Crippen MR) is 77.3 cm³/mol. The zero-order chi connectivity index (χ0) is 14.5. The third-order valence-corrected chi connectivity index (χ3v) is 3.81. The topological polar surface area (TPSA) is 68.5 Å². The third-order valence-electron chi connectivity index (χ3n) is 3.81. The molecule has 2 N–H and O–H groups in total. The van der Waals surface area contributed by atoms with E-state index in [0.717, 1.165) is 25.9 Å². The molecule has 1 aromatic heterocycles. The Balaban J connectivity index is 1.93. The molecule has 0 saturated carbocycles. The first-order valence-corrected chi connectivity index (χ1v) is 7.19. The summed E-state index contributed by atoms with van der Waals surface area (Å²) in [6.07, 6.45) is 4.91. The fourth-order valence-electron chi connectivity index (χ4n) is 2.57. The highest BCUT2D eigenvalue weighted by atomic mass is 16.5. The number of nitrogens with two attached hydrogens (primary N) is 1. The molecule has 3 unspecified atom stereocenters. The van der Waals surface area contributed by atoms with Crippen LogP contribution < -0.4 is 10.5 Å². The van der Waals surface area contributed by atoms with Gasteiger partial charge in [0, 0.05) is 25.3 Å². The van der Waals surface area contributed by atoms with Crippen molar-refractivity contribution < 1.29 is 9.53 Å². The lowest BCUT2D eigenvalue weighted by molar-refractivity contribution is -0.139. The summed E-state index contributed by atoms with van der Waals surface area (Å²) in [5, 5.41) is 0. The van der Waals surface area contributed by atoms with Gasteiger partial charge in [0.05, 0.1) is 6.20 Å². The highest BCUT2D eigenvalue weighted by molar-refractivity contribution is 5.81. The highest BCUT2D eigenvalue weighted by Gasteiger charge is 2.29. The van der Waals surface area contributed by atoms with Crippen molar-refractivity contribution in [2.45, 2.75) is 38.8 Å². The van der Waals surface area contributed by atoms with Gasteiger partial charge in [-0.05, 0) is 44.7 Å². The van der Waals surface area contributed by atoms with Gasteiger partial charge in [0.25, 0.3) is 5.91 Å². The molecule has 1 fully saturated rings. The Labute approximate surface area is 120 Å². The summed E-state index contributed by atoms with van der Waals surface area (Å²) in [6.45, 7) is 5.32. The summed E-state index contributed by atoms with van der Waals surface area (Å²) in [5.41, 5.74) is 5.95. The Morgan fingerprint density at radius 2 is 2.35 bits per heavy atom. The number of carbonyl (C=O) groups excluding carboxylic acids is 1. The molecule has 110 valence electrons. The standard InChI is InChI=1S/C15H23N3O2/c1-11(16)13-5-4-8-18(10-13)15(19)12(2)20-14-6-3-7-17-9-14/h3,6-7,9,11-13H,4-5,8,10,16H2,1-2H3. The lowest BCUT2D eigenvalue weighted by Gasteiger charge is -2.35. The third kappa shape index (κ3) is 3.70. The normalized spacial score (nSPS) is 22.1. The summed E-state index contributed by atoms with van der Waals surface area (Å²) in [5.74, 6) is 1.03. The van der Waals surface area contributed by atoms with Gasteiger partial charge in [0.2, 0.25) is 0 Å². The van der Waals surface area contributed by atoms with E-state index >= 15 is 0 Å². The second-order valence-electron chi connectivity index (χ2n) is 5.49. The Bertz CT molecular complexity index is 436. The number of carbonyl (C=O) groups is 1. The number of hydrogen-bond acceptors (Lipinski definition) is 4. The molecule has 1 saturated heterocycles. The molecule has 2 rings (SSSR count). The summed E-state index contributed by atoms with van der Waals surface area (Å²) in [4.78, 5) is 18.3. The summed E-state index contributed by atoms with van der Waals surface area (Å²) in [6, 6.07) is 3.72. The largest absolute Gasteiger partial charge is 0.479 e. The van der Waals surface area contributed by atoms with Crippen molar-refractivity contribution in [2.75, 3.05) is 13.1 Å². The first kappa shape index (κ1) is 14.8. The SMILES string of the molecule is CC(Oc1cccnc1)C(=O)N1CCCC(C(C)N)C1. The minimum absolute atomic E-state index is 0.0270. The molecule has 1 aromatic rings. The smallest absolute Gasteiger partial charge is 0.263 e. The van der Waals surface area contributed by atoms with Crippen molar-refractivity contribution in [1.29, 1.82) is 0 Å². The fourth-order valence-corrected chi connectivity index (χ4v) is 2.57. The van der Waals surface area contributed by atoms with Gasteiger partial charge in [0.15, 0.2) is 6.10 Å². The Hall–Kier alpha value is -1.62. The van der Waals surface area contributed by atoms with Crippen LogP contribution in [0.4, 0.5) is 0 Å². The maximum Gasteiger partial charge on any atom is 0.263 e. The van der Waals surface area contributed by atoms with Crippen molar-refractivity contribution in [3.63, 3.8) is 0 Å². The number of piperidine rings is 1. The Morgan fingerprint density at radius 1 is 1.55 bits per heavy atom. The number of pyridine rings is 1. The van der Waals surface area contributed by atoms with Crippen LogP contribution in [0.25, 0.3) is 0 Å². The van der Waals surface area contributed by atoms with Crippen LogP contribution in [0.2, 0.25) is 0 Å². The number of rotatable bonds is 4. The molecule has 5 nitrogen and oxygen atoms in total. The van der Waals surface area contributed by atoms with Crippen molar-refractivity contribution in [3.8, 4) is 5.75 Å². The van der Waals surface area contributed by atoms with Crippen LogP contribution in [0.5, 0.6) is 5.75 Å². The summed E-state index contributed by atoms with van der Waals surface area (Å²) < 4.78 is 5.64. The van der Waals surface area contributed by atoms with E-state index < -0.39 is 6.10 Å². The summed E-state index contributed by atoms with van der Waals surface area (Å²) in [7, 11) is 0. The highest BCUT2D eigenvalue weighted by Crippen LogP contribution is 2.20. The predicted octanol–water partition coefficient (Wildman–Crippen LogP) is 1.43. The van der Waals surface area contributed by atoms with Gasteiger partial charge < -0.3 is 15.4 Å². The van der Waals surface area contributed by atoms with E-state index in [2.05, 4.69) is 4.98 Å². The average Bonchev–Trinajstić information content (AvgIpc) is 2.47. The average molecular weight is 277 g/mol. The Morgan fingerprint density at radius 3 is 3.00 bits per heavy atom. The van der Waals surface area contributed by atoms with Crippen LogP contribution in [0.15, 0.2) is 24.5 Å². The van der Waals surface area contributed by atoms with E-state index in [9.17, 15) is 4.79 Å². The first-order chi connectivity index (χ1) is 9.58. The molecule has 1 amide bonds. The van der Waals surface area contributed by atoms with E-state index in [0.29, 0.717) is 11.7 Å².